The van der Waals surface area contributed by atoms with Crippen LogP contribution in [0.25, 0.3) is 11.1 Å². The molecule has 1 aromatic carbocycles. The maximum atomic E-state index is 12.9. The number of H-pyrrole nitrogens is 1. The summed E-state index contributed by atoms with van der Waals surface area (Å²) in [6.07, 6.45) is 3.47. The number of nitrogens with zero attached hydrogens (tertiary/aromatic N) is 5. The fourth-order valence-electron chi connectivity index (χ4n) is 3.83. The highest BCUT2D eigenvalue weighted by Gasteiger charge is 2.40. The van der Waals surface area contributed by atoms with E-state index in [0.717, 1.165) is 32.1 Å². The minimum Gasteiger partial charge on any atom is -0.408 e. The lowest BCUT2D eigenvalue weighted by Gasteiger charge is -2.47. The second-order valence-corrected chi connectivity index (χ2v) is 9.16. The van der Waals surface area contributed by atoms with Gasteiger partial charge in [0.25, 0.3) is 0 Å². The van der Waals surface area contributed by atoms with Crippen molar-refractivity contribution < 1.29 is 12.8 Å². The molecule has 2 fully saturated rings. The second-order valence-electron chi connectivity index (χ2n) is 7.22. The SMILES string of the molecule is O=c1[nH]c2cc(S(=O)(=O)N3CC(N4CCN(c5ncccn5)CC4)C3)ccc2o1. The Kier molecular flexibility index (Phi) is 4.37. The van der Waals surface area contributed by atoms with E-state index in [0.29, 0.717) is 24.2 Å². The maximum Gasteiger partial charge on any atom is 0.417 e. The summed E-state index contributed by atoms with van der Waals surface area (Å²) in [5, 5.41) is 0. The number of benzene rings is 1. The molecule has 0 amide bonds. The van der Waals surface area contributed by atoms with E-state index in [1.165, 1.54) is 22.5 Å². The smallest absolute Gasteiger partial charge is 0.408 e. The molecule has 2 aliphatic rings. The van der Waals surface area contributed by atoms with Crippen molar-refractivity contribution in [3.8, 4) is 0 Å². The van der Waals surface area contributed by atoms with Crippen LogP contribution in [0, 0.1) is 0 Å². The van der Waals surface area contributed by atoms with Crippen LogP contribution < -0.4 is 10.7 Å². The van der Waals surface area contributed by atoms with Crippen LogP contribution in [0.3, 0.4) is 0 Å². The van der Waals surface area contributed by atoms with Crippen LogP contribution in [0.15, 0.2) is 50.8 Å². The fourth-order valence-corrected chi connectivity index (χ4v) is 5.37. The Hall–Kier alpha value is -2.76. The van der Waals surface area contributed by atoms with Gasteiger partial charge >= 0.3 is 5.76 Å². The Morgan fingerprint density at radius 3 is 2.52 bits per heavy atom. The van der Waals surface area contributed by atoms with Crippen molar-refractivity contribution in [2.24, 2.45) is 0 Å². The Labute approximate surface area is 166 Å². The molecule has 152 valence electrons. The summed E-state index contributed by atoms with van der Waals surface area (Å²) < 4.78 is 32.2. The van der Waals surface area contributed by atoms with Crippen molar-refractivity contribution in [2.45, 2.75) is 10.9 Å². The highest BCUT2D eigenvalue weighted by atomic mass is 32.2. The van der Waals surface area contributed by atoms with Crippen molar-refractivity contribution in [3.05, 3.63) is 47.2 Å². The predicted octanol–water partition coefficient (Wildman–Crippen LogP) is 0.106. The van der Waals surface area contributed by atoms with Crippen molar-refractivity contribution in [1.29, 1.82) is 0 Å². The average molecular weight is 416 g/mol. The summed E-state index contributed by atoms with van der Waals surface area (Å²) in [5.74, 6) is 0.135. The van der Waals surface area contributed by atoms with Crippen molar-refractivity contribution >= 4 is 27.1 Å². The van der Waals surface area contributed by atoms with Crippen LogP contribution in [-0.2, 0) is 10.0 Å². The first-order valence-corrected chi connectivity index (χ1v) is 10.8. The molecule has 4 heterocycles. The maximum absolute atomic E-state index is 12.9. The topological polar surface area (TPSA) is 116 Å². The summed E-state index contributed by atoms with van der Waals surface area (Å²) in [4.78, 5) is 27.0. The van der Waals surface area contributed by atoms with Gasteiger partial charge in [-0.2, -0.15) is 4.31 Å². The Bertz CT molecular complexity index is 1180. The van der Waals surface area contributed by atoms with Gasteiger partial charge < -0.3 is 9.32 Å². The summed E-state index contributed by atoms with van der Waals surface area (Å²) in [6, 6.07) is 6.43. The van der Waals surface area contributed by atoms with Crippen LogP contribution in [0.2, 0.25) is 0 Å². The first-order chi connectivity index (χ1) is 14.0. The molecule has 0 unspecified atom stereocenters. The number of fused-ring (bicyclic) bond motifs is 1. The molecule has 1 N–H and O–H groups in total. The molecular formula is C18H20N6O4S. The number of rotatable bonds is 4. The molecule has 3 aromatic rings. The third-order valence-corrected chi connectivity index (χ3v) is 7.35. The number of oxazole rings is 1. The standard InChI is InChI=1S/C18H20N6O4S/c25-18-21-15-10-14(2-3-16(15)28-18)29(26,27)24-11-13(12-24)22-6-8-23(9-7-22)17-19-4-1-5-20-17/h1-5,10,13H,6-9,11-12H2,(H,21,25). The van der Waals surface area contributed by atoms with Gasteiger partial charge in [0, 0.05) is 57.7 Å². The predicted molar refractivity (Wildman–Crippen MR) is 105 cm³/mol. The zero-order chi connectivity index (χ0) is 20.0. The van der Waals surface area contributed by atoms with Gasteiger partial charge in [-0.25, -0.2) is 23.2 Å². The minimum atomic E-state index is -3.60. The largest absolute Gasteiger partial charge is 0.417 e. The molecule has 5 rings (SSSR count). The van der Waals surface area contributed by atoms with Crippen LogP contribution in [0.4, 0.5) is 5.95 Å². The number of hydrogen-bond acceptors (Lipinski definition) is 8. The molecule has 0 saturated carbocycles. The van der Waals surface area contributed by atoms with E-state index in [-0.39, 0.29) is 10.9 Å². The average Bonchev–Trinajstić information content (AvgIpc) is 3.07. The molecule has 2 saturated heterocycles. The zero-order valence-corrected chi connectivity index (χ0v) is 16.4. The lowest BCUT2D eigenvalue weighted by atomic mass is 10.1. The van der Waals surface area contributed by atoms with Gasteiger partial charge in [-0.05, 0) is 24.3 Å². The fraction of sp³-hybridized carbons (Fsp3) is 0.389. The molecule has 10 nitrogen and oxygen atoms in total. The number of aromatic nitrogens is 3. The van der Waals surface area contributed by atoms with Gasteiger partial charge in [0.2, 0.25) is 16.0 Å². The van der Waals surface area contributed by atoms with E-state index in [1.54, 1.807) is 18.5 Å². The molecule has 0 aliphatic carbocycles. The van der Waals surface area contributed by atoms with Crippen molar-refractivity contribution in [2.75, 3.05) is 44.2 Å². The van der Waals surface area contributed by atoms with Gasteiger partial charge in [0.1, 0.15) is 0 Å². The van der Waals surface area contributed by atoms with E-state index in [1.807, 2.05) is 0 Å². The number of anilines is 1. The van der Waals surface area contributed by atoms with Crippen LogP contribution >= 0.6 is 0 Å². The number of hydrogen-bond donors (Lipinski definition) is 1. The Morgan fingerprint density at radius 1 is 1.07 bits per heavy atom. The highest BCUT2D eigenvalue weighted by Crippen LogP contribution is 2.27. The molecule has 11 heteroatoms. The lowest BCUT2D eigenvalue weighted by Crippen LogP contribution is -2.64. The van der Waals surface area contributed by atoms with Crippen molar-refractivity contribution in [3.63, 3.8) is 0 Å². The van der Waals surface area contributed by atoms with Crippen molar-refractivity contribution in [1.82, 2.24) is 24.2 Å². The zero-order valence-electron chi connectivity index (χ0n) is 15.6. The molecule has 29 heavy (non-hydrogen) atoms. The molecule has 2 aliphatic heterocycles. The first kappa shape index (κ1) is 18.3. The molecule has 0 spiro atoms. The van der Waals surface area contributed by atoms with Gasteiger partial charge in [-0.15, -0.1) is 0 Å². The van der Waals surface area contributed by atoms with E-state index in [9.17, 15) is 13.2 Å². The van der Waals surface area contributed by atoms with Crippen LogP contribution in [0.1, 0.15) is 0 Å². The summed E-state index contributed by atoms with van der Waals surface area (Å²) >= 11 is 0. The number of sulfonamides is 1. The van der Waals surface area contributed by atoms with E-state index in [2.05, 4.69) is 24.8 Å². The summed E-state index contributed by atoms with van der Waals surface area (Å²) in [5.41, 5.74) is 0.725. The van der Waals surface area contributed by atoms with Crippen LogP contribution in [0.5, 0.6) is 0 Å². The quantitative estimate of drug-likeness (QED) is 0.637. The normalized spacial score (nSPS) is 19.5. The van der Waals surface area contributed by atoms with Gasteiger partial charge in [0.05, 0.1) is 10.4 Å². The van der Waals surface area contributed by atoms with Crippen LogP contribution in [-0.4, -0.2) is 77.9 Å². The molecule has 0 radical (unpaired) electrons. The van der Waals surface area contributed by atoms with Gasteiger partial charge in [-0.3, -0.25) is 9.88 Å². The number of piperazine rings is 1. The number of nitrogens with one attached hydrogen (secondary N) is 1. The lowest BCUT2D eigenvalue weighted by molar-refractivity contribution is 0.0826. The summed E-state index contributed by atoms with van der Waals surface area (Å²) in [6.45, 7) is 4.25. The number of aromatic amines is 1. The molecular weight excluding hydrogens is 396 g/mol. The highest BCUT2D eigenvalue weighted by molar-refractivity contribution is 7.89. The third-order valence-electron chi connectivity index (χ3n) is 5.52. The van der Waals surface area contributed by atoms with E-state index < -0.39 is 15.8 Å². The van der Waals surface area contributed by atoms with Gasteiger partial charge in [-0.1, -0.05) is 0 Å². The van der Waals surface area contributed by atoms with Gasteiger partial charge in [0.15, 0.2) is 5.58 Å². The Morgan fingerprint density at radius 2 is 1.79 bits per heavy atom. The minimum absolute atomic E-state index is 0.159. The second kappa shape index (κ2) is 6.94. The molecule has 2 aromatic heterocycles. The monoisotopic (exact) mass is 416 g/mol. The van der Waals surface area contributed by atoms with E-state index in [4.69, 9.17) is 4.42 Å². The van der Waals surface area contributed by atoms with E-state index >= 15 is 0 Å². The third kappa shape index (κ3) is 3.30. The summed E-state index contributed by atoms with van der Waals surface area (Å²) in [7, 11) is -3.60. The molecule has 0 atom stereocenters. The first-order valence-electron chi connectivity index (χ1n) is 9.40. The Balaban J connectivity index is 1.21. The molecule has 0 bridgehead atoms.